The highest BCUT2D eigenvalue weighted by molar-refractivity contribution is 9.10. The Morgan fingerprint density at radius 1 is 1.14 bits per heavy atom. The summed E-state index contributed by atoms with van der Waals surface area (Å²) < 4.78 is 28.0. The smallest absolute Gasteiger partial charge is 0.240 e. The topological polar surface area (TPSA) is 72.2 Å². The molecule has 0 aromatic heterocycles. The molecular weight excluding hydrogens is 352 g/mol. The minimum Gasteiger partial charge on any atom is -0.398 e. The third-order valence-corrected chi connectivity index (χ3v) is 5.78. The van der Waals surface area contributed by atoms with Crippen LogP contribution in [-0.2, 0) is 10.0 Å². The fourth-order valence-electron chi connectivity index (χ4n) is 2.34. The van der Waals surface area contributed by atoms with Crippen LogP contribution in [0.15, 0.2) is 57.9 Å². The fourth-order valence-corrected chi connectivity index (χ4v) is 4.18. The molecule has 1 aliphatic carbocycles. The predicted molar refractivity (Wildman–Crippen MR) is 86.5 cm³/mol. The summed E-state index contributed by atoms with van der Waals surface area (Å²) in [6.45, 7) is 0. The molecule has 1 saturated carbocycles. The van der Waals surface area contributed by atoms with Crippen LogP contribution in [0.25, 0.3) is 0 Å². The molecule has 0 bridgehead atoms. The maximum atomic E-state index is 12.4. The summed E-state index contributed by atoms with van der Waals surface area (Å²) in [7, 11) is -3.51. The van der Waals surface area contributed by atoms with Crippen LogP contribution in [0.3, 0.4) is 0 Å². The number of nitrogen functional groups attached to an aromatic ring is 1. The lowest BCUT2D eigenvalue weighted by Crippen LogP contribution is -2.26. The summed E-state index contributed by atoms with van der Waals surface area (Å²) in [6.07, 6.45) is 0.833. The molecule has 0 radical (unpaired) electrons. The van der Waals surface area contributed by atoms with Crippen molar-refractivity contribution < 1.29 is 8.42 Å². The van der Waals surface area contributed by atoms with Crippen molar-refractivity contribution in [2.45, 2.75) is 23.3 Å². The number of rotatable bonds is 4. The van der Waals surface area contributed by atoms with Gasteiger partial charge in [-0.25, -0.2) is 13.1 Å². The number of halogens is 1. The Balaban J connectivity index is 1.75. The van der Waals surface area contributed by atoms with Crippen molar-refractivity contribution in [3.63, 3.8) is 0 Å². The highest BCUT2D eigenvalue weighted by Crippen LogP contribution is 2.41. The van der Waals surface area contributed by atoms with Gasteiger partial charge in [-0.15, -0.1) is 0 Å². The first-order chi connectivity index (χ1) is 9.97. The van der Waals surface area contributed by atoms with Crippen molar-refractivity contribution in [2.75, 3.05) is 5.73 Å². The van der Waals surface area contributed by atoms with Crippen molar-refractivity contribution in [3.8, 4) is 0 Å². The molecule has 1 fully saturated rings. The summed E-state index contributed by atoms with van der Waals surface area (Å²) in [5, 5.41) is 0. The molecule has 2 unspecified atom stereocenters. The van der Waals surface area contributed by atoms with Crippen LogP contribution in [-0.4, -0.2) is 14.5 Å². The molecule has 2 aromatic carbocycles. The van der Waals surface area contributed by atoms with E-state index in [1.165, 1.54) is 17.7 Å². The zero-order chi connectivity index (χ0) is 15.0. The van der Waals surface area contributed by atoms with E-state index in [2.05, 4.69) is 20.7 Å². The van der Waals surface area contributed by atoms with E-state index in [0.717, 1.165) is 6.42 Å². The molecule has 6 heteroatoms. The van der Waals surface area contributed by atoms with Gasteiger partial charge in [-0.05, 0) is 46.1 Å². The van der Waals surface area contributed by atoms with E-state index in [-0.39, 0.29) is 16.9 Å². The second-order valence-electron chi connectivity index (χ2n) is 5.16. The Kier molecular flexibility index (Phi) is 3.77. The number of hydrogen-bond donors (Lipinski definition) is 2. The number of sulfonamides is 1. The number of anilines is 1. The molecule has 21 heavy (non-hydrogen) atoms. The maximum absolute atomic E-state index is 12.4. The molecule has 0 amide bonds. The summed E-state index contributed by atoms with van der Waals surface area (Å²) in [5.41, 5.74) is 7.37. The third kappa shape index (κ3) is 3.12. The van der Waals surface area contributed by atoms with Gasteiger partial charge in [-0.3, -0.25) is 0 Å². The summed E-state index contributed by atoms with van der Waals surface area (Å²) in [4.78, 5) is 0.224. The quantitative estimate of drug-likeness (QED) is 0.817. The molecule has 0 saturated heterocycles. The van der Waals surface area contributed by atoms with Gasteiger partial charge in [-0.2, -0.15) is 0 Å². The predicted octanol–water partition coefficient (Wildman–Crippen LogP) is 2.87. The summed E-state index contributed by atoms with van der Waals surface area (Å²) >= 11 is 3.25. The van der Waals surface area contributed by atoms with Crippen LogP contribution >= 0.6 is 15.9 Å². The highest BCUT2D eigenvalue weighted by atomic mass is 79.9. The molecule has 3 N–H and O–H groups in total. The maximum Gasteiger partial charge on any atom is 0.240 e. The normalized spacial score (nSPS) is 21.2. The highest BCUT2D eigenvalue weighted by Gasteiger charge is 2.41. The Labute approximate surface area is 132 Å². The van der Waals surface area contributed by atoms with Gasteiger partial charge in [0, 0.05) is 22.1 Å². The monoisotopic (exact) mass is 366 g/mol. The van der Waals surface area contributed by atoms with Gasteiger partial charge < -0.3 is 5.73 Å². The van der Waals surface area contributed by atoms with Gasteiger partial charge in [0.1, 0.15) is 0 Å². The van der Waals surface area contributed by atoms with E-state index in [9.17, 15) is 8.42 Å². The lowest BCUT2D eigenvalue weighted by atomic mass is 10.1. The van der Waals surface area contributed by atoms with E-state index in [1.807, 2.05) is 30.3 Å². The number of hydrogen-bond acceptors (Lipinski definition) is 3. The molecule has 1 aliphatic rings. The van der Waals surface area contributed by atoms with Crippen molar-refractivity contribution in [3.05, 3.63) is 58.6 Å². The Morgan fingerprint density at radius 3 is 2.52 bits per heavy atom. The SMILES string of the molecule is Nc1ccc(S(=O)(=O)NC2CC2c2ccccc2)cc1Br. The number of benzene rings is 2. The minimum atomic E-state index is -3.51. The van der Waals surface area contributed by atoms with E-state index < -0.39 is 10.0 Å². The van der Waals surface area contributed by atoms with Crippen molar-refractivity contribution in [1.29, 1.82) is 0 Å². The third-order valence-electron chi connectivity index (χ3n) is 3.61. The summed E-state index contributed by atoms with van der Waals surface area (Å²) in [6, 6.07) is 14.5. The van der Waals surface area contributed by atoms with Crippen molar-refractivity contribution >= 4 is 31.6 Å². The summed E-state index contributed by atoms with van der Waals surface area (Å²) in [5.74, 6) is 0.262. The van der Waals surface area contributed by atoms with Crippen LogP contribution in [0, 0.1) is 0 Å². The first kappa shape index (κ1) is 14.6. The van der Waals surface area contributed by atoms with E-state index in [0.29, 0.717) is 10.2 Å². The van der Waals surface area contributed by atoms with E-state index in [4.69, 9.17) is 5.73 Å². The zero-order valence-electron chi connectivity index (χ0n) is 11.2. The molecule has 3 rings (SSSR count). The lowest BCUT2D eigenvalue weighted by molar-refractivity contribution is 0.580. The molecule has 2 aromatic rings. The van der Waals surface area contributed by atoms with Gasteiger partial charge in [0.2, 0.25) is 10.0 Å². The molecule has 4 nitrogen and oxygen atoms in total. The van der Waals surface area contributed by atoms with Crippen molar-refractivity contribution in [1.82, 2.24) is 4.72 Å². The first-order valence-corrected chi connectivity index (χ1v) is 8.87. The molecule has 0 spiro atoms. The number of nitrogens with two attached hydrogens (primary N) is 1. The second kappa shape index (κ2) is 5.44. The zero-order valence-corrected chi connectivity index (χ0v) is 13.6. The second-order valence-corrected chi connectivity index (χ2v) is 7.73. The Hall–Kier alpha value is -1.37. The van der Waals surface area contributed by atoms with E-state index >= 15 is 0 Å². The fraction of sp³-hybridized carbons (Fsp3) is 0.200. The van der Waals surface area contributed by atoms with Gasteiger partial charge in [-0.1, -0.05) is 30.3 Å². The van der Waals surface area contributed by atoms with Crippen LogP contribution < -0.4 is 10.5 Å². The van der Waals surface area contributed by atoms with Gasteiger partial charge in [0.15, 0.2) is 0 Å². The number of nitrogens with one attached hydrogen (secondary N) is 1. The largest absolute Gasteiger partial charge is 0.398 e. The van der Waals surface area contributed by atoms with E-state index in [1.54, 1.807) is 6.07 Å². The van der Waals surface area contributed by atoms with Crippen LogP contribution in [0.5, 0.6) is 0 Å². The molecule has 0 aliphatic heterocycles. The van der Waals surface area contributed by atoms with Crippen molar-refractivity contribution in [2.24, 2.45) is 0 Å². The molecule has 2 atom stereocenters. The average Bonchev–Trinajstić information content (AvgIpc) is 3.21. The van der Waals surface area contributed by atoms with Gasteiger partial charge in [0.25, 0.3) is 0 Å². The van der Waals surface area contributed by atoms with Crippen LogP contribution in [0.1, 0.15) is 17.9 Å². The van der Waals surface area contributed by atoms with Crippen LogP contribution in [0.4, 0.5) is 5.69 Å². The lowest BCUT2D eigenvalue weighted by Gasteiger charge is -2.08. The van der Waals surface area contributed by atoms with Gasteiger partial charge >= 0.3 is 0 Å². The Morgan fingerprint density at radius 2 is 1.86 bits per heavy atom. The average molecular weight is 367 g/mol. The Bertz CT molecular complexity index is 762. The standard InChI is InChI=1S/C15H15BrN2O2S/c16-13-8-11(6-7-14(13)17)21(19,20)18-15-9-12(15)10-4-2-1-3-5-10/h1-8,12,15,18H,9,17H2. The molecule has 110 valence electrons. The van der Waals surface area contributed by atoms with Gasteiger partial charge in [0.05, 0.1) is 4.90 Å². The van der Waals surface area contributed by atoms with Crippen LogP contribution in [0.2, 0.25) is 0 Å². The first-order valence-electron chi connectivity index (χ1n) is 6.60. The minimum absolute atomic E-state index is 0.0336. The molecular formula is C15H15BrN2O2S. The molecule has 0 heterocycles.